The van der Waals surface area contributed by atoms with Gasteiger partial charge in [-0.05, 0) is 29.8 Å². The molecule has 0 N–H and O–H groups in total. The van der Waals surface area contributed by atoms with E-state index in [1.54, 1.807) is 23.9 Å². The summed E-state index contributed by atoms with van der Waals surface area (Å²) in [5, 5.41) is 0.738. The Morgan fingerprint density at radius 2 is 1.95 bits per heavy atom. The smallest absolute Gasteiger partial charge is 0.373 e. The molecule has 0 spiro atoms. The standard InChI is InChI=1S/C14H13ClO3S/c1-17-14(16)13-7-6-12(18-13)9-19-8-10-2-4-11(15)5-3-10/h2-7H,8-9H2,1H3. The minimum Gasteiger partial charge on any atom is -0.463 e. The minimum absolute atomic E-state index is 0.240. The lowest BCUT2D eigenvalue weighted by Gasteiger charge is -2.00. The molecule has 0 bridgehead atoms. The average Bonchev–Trinajstić information content (AvgIpc) is 2.89. The van der Waals surface area contributed by atoms with E-state index in [0.29, 0.717) is 5.75 Å². The van der Waals surface area contributed by atoms with Crippen molar-refractivity contribution in [2.45, 2.75) is 11.5 Å². The molecule has 2 rings (SSSR count). The van der Waals surface area contributed by atoms with Crippen LogP contribution in [0.15, 0.2) is 40.8 Å². The zero-order valence-corrected chi connectivity index (χ0v) is 12.0. The van der Waals surface area contributed by atoms with Crippen molar-refractivity contribution in [3.63, 3.8) is 0 Å². The molecule has 0 atom stereocenters. The molecule has 0 unspecified atom stereocenters. The molecule has 0 aliphatic rings. The van der Waals surface area contributed by atoms with Gasteiger partial charge in [-0.3, -0.25) is 0 Å². The fraction of sp³-hybridized carbons (Fsp3) is 0.214. The fourth-order valence-corrected chi connectivity index (χ4v) is 2.53. The predicted molar refractivity (Wildman–Crippen MR) is 76.5 cm³/mol. The number of furan rings is 1. The number of ether oxygens (including phenoxy) is 1. The highest BCUT2D eigenvalue weighted by Gasteiger charge is 2.10. The van der Waals surface area contributed by atoms with Crippen molar-refractivity contribution in [1.82, 2.24) is 0 Å². The molecule has 0 saturated carbocycles. The first-order valence-corrected chi connectivity index (χ1v) is 7.21. The van der Waals surface area contributed by atoms with Crippen LogP contribution in [0, 0.1) is 0 Å². The number of thioether (sulfide) groups is 1. The van der Waals surface area contributed by atoms with E-state index in [4.69, 9.17) is 16.0 Å². The number of carbonyl (C=O) groups excluding carboxylic acids is 1. The average molecular weight is 297 g/mol. The number of halogens is 1. The first-order chi connectivity index (χ1) is 9.19. The summed E-state index contributed by atoms with van der Waals surface area (Å²) in [6.45, 7) is 0. The van der Waals surface area contributed by atoms with Crippen molar-refractivity contribution in [3.05, 3.63) is 58.5 Å². The van der Waals surface area contributed by atoms with Gasteiger partial charge in [-0.15, -0.1) is 11.8 Å². The van der Waals surface area contributed by atoms with Crippen LogP contribution in [0.25, 0.3) is 0 Å². The topological polar surface area (TPSA) is 39.4 Å². The van der Waals surface area contributed by atoms with Gasteiger partial charge in [0.05, 0.1) is 12.9 Å². The van der Waals surface area contributed by atoms with Crippen molar-refractivity contribution >= 4 is 29.3 Å². The highest BCUT2D eigenvalue weighted by Crippen LogP contribution is 2.20. The Labute approximate surface area is 120 Å². The second-order valence-electron chi connectivity index (χ2n) is 3.88. The highest BCUT2D eigenvalue weighted by molar-refractivity contribution is 7.97. The maximum atomic E-state index is 11.2. The first kappa shape index (κ1) is 14.0. The molecular weight excluding hydrogens is 284 g/mol. The van der Waals surface area contributed by atoms with E-state index in [9.17, 15) is 4.79 Å². The third-order valence-corrected chi connectivity index (χ3v) is 3.75. The summed E-state index contributed by atoms with van der Waals surface area (Å²) in [7, 11) is 1.33. The molecule has 100 valence electrons. The Kier molecular flexibility index (Phi) is 4.93. The molecule has 19 heavy (non-hydrogen) atoms. The normalized spacial score (nSPS) is 10.4. The van der Waals surface area contributed by atoms with Gasteiger partial charge in [0.1, 0.15) is 5.76 Å². The van der Waals surface area contributed by atoms with E-state index in [-0.39, 0.29) is 5.76 Å². The maximum absolute atomic E-state index is 11.2. The number of benzene rings is 1. The number of esters is 1. The summed E-state index contributed by atoms with van der Waals surface area (Å²) >= 11 is 7.53. The van der Waals surface area contributed by atoms with Gasteiger partial charge in [-0.1, -0.05) is 23.7 Å². The van der Waals surface area contributed by atoms with Gasteiger partial charge in [0.15, 0.2) is 0 Å². The van der Waals surface area contributed by atoms with Crippen molar-refractivity contribution in [3.8, 4) is 0 Å². The van der Waals surface area contributed by atoms with E-state index in [0.717, 1.165) is 16.5 Å². The van der Waals surface area contributed by atoms with Gasteiger partial charge in [-0.2, -0.15) is 0 Å². The molecule has 0 aliphatic carbocycles. The molecular formula is C14H13ClO3S. The molecule has 1 aromatic carbocycles. The summed E-state index contributed by atoms with van der Waals surface area (Å²) in [6.07, 6.45) is 0. The first-order valence-electron chi connectivity index (χ1n) is 5.68. The van der Waals surface area contributed by atoms with Crippen LogP contribution in [0.4, 0.5) is 0 Å². The van der Waals surface area contributed by atoms with Crippen LogP contribution in [-0.4, -0.2) is 13.1 Å². The SMILES string of the molecule is COC(=O)c1ccc(CSCc2ccc(Cl)cc2)o1. The zero-order valence-electron chi connectivity index (χ0n) is 10.4. The number of methoxy groups -OCH3 is 1. The van der Waals surface area contributed by atoms with E-state index >= 15 is 0 Å². The highest BCUT2D eigenvalue weighted by atomic mass is 35.5. The van der Waals surface area contributed by atoms with E-state index in [2.05, 4.69) is 4.74 Å². The summed E-state index contributed by atoms with van der Waals surface area (Å²) in [5.41, 5.74) is 1.20. The summed E-state index contributed by atoms with van der Waals surface area (Å²) in [4.78, 5) is 11.2. The molecule has 3 nitrogen and oxygen atoms in total. The van der Waals surface area contributed by atoms with Gasteiger partial charge in [0.2, 0.25) is 5.76 Å². The van der Waals surface area contributed by atoms with Crippen molar-refractivity contribution in [1.29, 1.82) is 0 Å². The lowest BCUT2D eigenvalue weighted by molar-refractivity contribution is 0.0563. The number of carbonyl (C=O) groups is 1. The van der Waals surface area contributed by atoms with Crippen LogP contribution >= 0.6 is 23.4 Å². The zero-order chi connectivity index (χ0) is 13.7. The van der Waals surface area contributed by atoms with Crippen molar-refractivity contribution in [2.75, 3.05) is 7.11 Å². The van der Waals surface area contributed by atoms with Gasteiger partial charge in [-0.25, -0.2) is 4.79 Å². The molecule has 0 saturated heterocycles. The van der Waals surface area contributed by atoms with Crippen molar-refractivity contribution < 1.29 is 13.9 Å². The van der Waals surface area contributed by atoms with Gasteiger partial charge < -0.3 is 9.15 Å². The Bertz CT molecular complexity index is 548. The Morgan fingerprint density at radius 1 is 1.21 bits per heavy atom. The van der Waals surface area contributed by atoms with Crippen LogP contribution in [0.1, 0.15) is 21.9 Å². The fourth-order valence-electron chi connectivity index (χ4n) is 1.52. The lowest BCUT2D eigenvalue weighted by Crippen LogP contribution is -1.98. The van der Waals surface area contributed by atoms with E-state index in [1.165, 1.54) is 12.7 Å². The van der Waals surface area contributed by atoms with Crippen LogP contribution in [0.5, 0.6) is 0 Å². The molecule has 0 fully saturated rings. The third kappa shape index (κ3) is 4.04. The Hall–Kier alpha value is -1.39. The Balaban J connectivity index is 1.84. The summed E-state index contributed by atoms with van der Waals surface area (Å²) in [5.74, 6) is 2.13. The molecule has 0 amide bonds. The molecule has 0 aliphatic heterocycles. The van der Waals surface area contributed by atoms with Crippen LogP contribution in [-0.2, 0) is 16.2 Å². The van der Waals surface area contributed by atoms with Gasteiger partial charge >= 0.3 is 5.97 Å². The van der Waals surface area contributed by atoms with Crippen LogP contribution in [0.2, 0.25) is 5.02 Å². The minimum atomic E-state index is -0.450. The summed E-state index contributed by atoms with van der Waals surface area (Å²) in [6, 6.07) is 11.2. The van der Waals surface area contributed by atoms with E-state index < -0.39 is 5.97 Å². The molecule has 2 aromatic rings. The van der Waals surface area contributed by atoms with Gasteiger partial charge in [0, 0.05) is 10.8 Å². The third-order valence-electron chi connectivity index (χ3n) is 2.47. The summed E-state index contributed by atoms with van der Waals surface area (Å²) < 4.78 is 9.96. The predicted octanol–water partition coefficient (Wildman–Crippen LogP) is 4.15. The second-order valence-corrected chi connectivity index (χ2v) is 5.30. The van der Waals surface area contributed by atoms with Crippen molar-refractivity contribution in [2.24, 2.45) is 0 Å². The largest absolute Gasteiger partial charge is 0.463 e. The molecule has 1 aromatic heterocycles. The lowest BCUT2D eigenvalue weighted by atomic mass is 10.2. The molecule has 1 heterocycles. The monoisotopic (exact) mass is 296 g/mol. The van der Waals surface area contributed by atoms with Gasteiger partial charge in [0.25, 0.3) is 0 Å². The molecule has 5 heteroatoms. The maximum Gasteiger partial charge on any atom is 0.373 e. The van der Waals surface area contributed by atoms with Crippen LogP contribution in [0.3, 0.4) is 0 Å². The quantitative estimate of drug-likeness (QED) is 0.777. The molecule has 0 radical (unpaired) electrons. The van der Waals surface area contributed by atoms with Crippen LogP contribution < -0.4 is 0 Å². The number of hydrogen-bond acceptors (Lipinski definition) is 4. The Morgan fingerprint density at radius 3 is 2.63 bits per heavy atom. The second kappa shape index (κ2) is 6.68. The van der Waals surface area contributed by atoms with E-state index in [1.807, 2.05) is 24.3 Å². The number of rotatable bonds is 5. The number of hydrogen-bond donors (Lipinski definition) is 0.